The van der Waals surface area contributed by atoms with E-state index in [0.717, 1.165) is 5.56 Å². The van der Waals surface area contributed by atoms with Crippen molar-refractivity contribution in [2.24, 2.45) is 0 Å². The SMILES string of the molecule is CCOc1ccc(/C(O)=C2\C(=O)C(=O)N(c3cccc(C(=O)OC)c3)C2c2ccc(OC)cc2)cc1C. The maximum Gasteiger partial charge on any atom is 0.337 e. The van der Waals surface area contributed by atoms with Crippen LogP contribution in [0.25, 0.3) is 5.76 Å². The fourth-order valence-corrected chi connectivity index (χ4v) is 4.37. The standard InChI is InChI=1S/C29H27NO7/c1-5-37-23-14-11-19(15-17(23)2)26(31)24-25(18-9-12-22(35-3)13-10-18)30(28(33)27(24)32)21-8-6-7-20(16-21)29(34)36-4/h6-16,25,31H,5H2,1-4H3/b26-24+. The van der Waals surface area contributed by atoms with E-state index in [-0.39, 0.29) is 16.9 Å². The van der Waals surface area contributed by atoms with Crippen molar-refractivity contribution < 1.29 is 33.7 Å². The van der Waals surface area contributed by atoms with E-state index in [1.54, 1.807) is 60.7 Å². The van der Waals surface area contributed by atoms with Gasteiger partial charge in [0.15, 0.2) is 0 Å². The molecule has 0 aliphatic carbocycles. The molecule has 0 spiro atoms. The molecule has 8 heteroatoms. The van der Waals surface area contributed by atoms with E-state index < -0.39 is 23.7 Å². The van der Waals surface area contributed by atoms with Gasteiger partial charge in [0.25, 0.3) is 11.7 Å². The van der Waals surface area contributed by atoms with Crippen LogP contribution in [0.2, 0.25) is 0 Å². The molecule has 1 aliphatic heterocycles. The highest BCUT2D eigenvalue weighted by Crippen LogP contribution is 2.43. The predicted octanol–water partition coefficient (Wildman–Crippen LogP) is 4.82. The van der Waals surface area contributed by atoms with Crippen molar-refractivity contribution in [2.75, 3.05) is 25.7 Å². The number of esters is 1. The number of rotatable bonds is 7. The van der Waals surface area contributed by atoms with Gasteiger partial charge >= 0.3 is 5.97 Å². The summed E-state index contributed by atoms with van der Waals surface area (Å²) in [4.78, 5) is 40.2. The molecule has 0 aromatic heterocycles. The first-order valence-electron chi connectivity index (χ1n) is 11.7. The second kappa shape index (κ2) is 10.6. The number of ether oxygens (including phenoxy) is 3. The molecule has 1 N–H and O–H groups in total. The van der Waals surface area contributed by atoms with E-state index in [1.165, 1.54) is 25.2 Å². The van der Waals surface area contributed by atoms with Crippen molar-refractivity contribution in [3.63, 3.8) is 0 Å². The Balaban J connectivity index is 1.91. The Labute approximate surface area is 214 Å². The minimum atomic E-state index is -0.953. The van der Waals surface area contributed by atoms with E-state index >= 15 is 0 Å². The second-order valence-electron chi connectivity index (χ2n) is 8.40. The Morgan fingerprint density at radius 1 is 0.973 bits per heavy atom. The second-order valence-corrected chi connectivity index (χ2v) is 8.40. The van der Waals surface area contributed by atoms with Crippen LogP contribution >= 0.6 is 0 Å². The van der Waals surface area contributed by atoms with Crippen molar-refractivity contribution in [1.29, 1.82) is 0 Å². The van der Waals surface area contributed by atoms with Crippen LogP contribution in [0.1, 0.15) is 40.0 Å². The molecule has 3 aromatic carbocycles. The number of nitrogens with zero attached hydrogens (tertiary/aromatic N) is 1. The highest BCUT2D eigenvalue weighted by atomic mass is 16.5. The smallest absolute Gasteiger partial charge is 0.337 e. The van der Waals surface area contributed by atoms with Gasteiger partial charge in [-0.15, -0.1) is 0 Å². The maximum atomic E-state index is 13.4. The molecule has 1 saturated heterocycles. The van der Waals surface area contributed by atoms with E-state index in [2.05, 4.69) is 0 Å². The number of benzene rings is 3. The lowest BCUT2D eigenvalue weighted by atomic mass is 9.94. The van der Waals surface area contributed by atoms with Gasteiger partial charge in [0.1, 0.15) is 17.3 Å². The fraction of sp³-hybridized carbons (Fsp3) is 0.207. The summed E-state index contributed by atoms with van der Waals surface area (Å²) in [5.74, 6) is -1.30. The van der Waals surface area contributed by atoms with E-state index in [0.29, 0.717) is 34.9 Å². The number of ketones is 1. The summed E-state index contributed by atoms with van der Waals surface area (Å²) >= 11 is 0. The van der Waals surface area contributed by atoms with Gasteiger partial charge in [-0.3, -0.25) is 14.5 Å². The first-order valence-corrected chi connectivity index (χ1v) is 11.7. The van der Waals surface area contributed by atoms with Crippen LogP contribution in [0.15, 0.2) is 72.3 Å². The van der Waals surface area contributed by atoms with E-state index in [9.17, 15) is 19.5 Å². The van der Waals surface area contributed by atoms with Gasteiger partial charge in [-0.25, -0.2) is 4.79 Å². The Bertz CT molecular complexity index is 1390. The minimum Gasteiger partial charge on any atom is -0.507 e. The molecule has 0 saturated carbocycles. The first-order chi connectivity index (χ1) is 17.8. The number of amides is 1. The maximum absolute atomic E-state index is 13.4. The Hall–Kier alpha value is -4.59. The van der Waals surface area contributed by atoms with Crippen LogP contribution in [0.3, 0.4) is 0 Å². The molecule has 1 fully saturated rings. The van der Waals surface area contributed by atoms with Gasteiger partial charge in [0, 0.05) is 11.3 Å². The number of aliphatic hydroxyl groups is 1. The highest BCUT2D eigenvalue weighted by Gasteiger charge is 2.47. The van der Waals surface area contributed by atoms with Crippen LogP contribution in [0.5, 0.6) is 11.5 Å². The van der Waals surface area contributed by atoms with Crippen LogP contribution in [0, 0.1) is 6.92 Å². The number of anilines is 1. The zero-order chi connectivity index (χ0) is 26.7. The molecule has 3 aromatic rings. The molecular weight excluding hydrogens is 474 g/mol. The zero-order valence-electron chi connectivity index (χ0n) is 21.0. The molecule has 0 bridgehead atoms. The van der Waals surface area contributed by atoms with Gasteiger partial charge in [-0.2, -0.15) is 0 Å². The highest BCUT2D eigenvalue weighted by molar-refractivity contribution is 6.51. The average Bonchev–Trinajstić information content (AvgIpc) is 3.19. The molecule has 37 heavy (non-hydrogen) atoms. The summed E-state index contributed by atoms with van der Waals surface area (Å²) in [6.45, 7) is 4.19. The molecule has 1 amide bonds. The fourth-order valence-electron chi connectivity index (χ4n) is 4.37. The lowest BCUT2D eigenvalue weighted by Crippen LogP contribution is -2.29. The van der Waals surface area contributed by atoms with Gasteiger partial charge in [0.2, 0.25) is 0 Å². The average molecular weight is 502 g/mol. The van der Waals surface area contributed by atoms with Crippen molar-refractivity contribution in [3.05, 3.63) is 94.6 Å². The summed E-state index contributed by atoms with van der Waals surface area (Å²) in [7, 11) is 2.80. The summed E-state index contributed by atoms with van der Waals surface area (Å²) < 4.78 is 15.7. The molecule has 1 aliphatic rings. The molecule has 1 heterocycles. The summed E-state index contributed by atoms with van der Waals surface area (Å²) in [5, 5.41) is 11.4. The zero-order valence-corrected chi connectivity index (χ0v) is 21.0. The van der Waals surface area contributed by atoms with Crippen molar-refractivity contribution >= 4 is 29.1 Å². The number of hydrogen-bond donors (Lipinski definition) is 1. The quantitative estimate of drug-likeness (QED) is 0.214. The predicted molar refractivity (Wildman–Crippen MR) is 138 cm³/mol. The van der Waals surface area contributed by atoms with Gasteiger partial charge in [-0.05, 0) is 73.5 Å². The summed E-state index contributed by atoms with van der Waals surface area (Å²) in [6.07, 6.45) is 0. The number of Topliss-reactive ketones (excluding diaryl/α,β-unsaturated/α-hetero) is 1. The van der Waals surface area contributed by atoms with Crippen molar-refractivity contribution in [1.82, 2.24) is 0 Å². The molecule has 1 unspecified atom stereocenters. The number of hydrogen-bond acceptors (Lipinski definition) is 7. The third-order valence-electron chi connectivity index (χ3n) is 6.17. The monoisotopic (exact) mass is 501 g/mol. The number of carbonyl (C=O) groups is 3. The molecular formula is C29H27NO7. The lowest BCUT2D eigenvalue weighted by molar-refractivity contribution is -0.132. The molecule has 190 valence electrons. The summed E-state index contributed by atoms with van der Waals surface area (Å²) in [5.41, 5.74) is 2.19. The van der Waals surface area contributed by atoms with Gasteiger partial charge in [0.05, 0.1) is 38.0 Å². The normalized spacial score (nSPS) is 16.5. The van der Waals surface area contributed by atoms with E-state index in [1.807, 2.05) is 13.8 Å². The van der Waals surface area contributed by atoms with Gasteiger partial charge < -0.3 is 19.3 Å². The molecule has 8 nitrogen and oxygen atoms in total. The minimum absolute atomic E-state index is 0.0674. The van der Waals surface area contributed by atoms with Crippen LogP contribution in [-0.2, 0) is 14.3 Å². The van der Waals surface area contributed by atoms with Crippen molar-refractivity contribution in [2.45, 2.75) is 19.9 Å². The number of aliphatic hydroxyl groups excluding tert-OH is 1. The Morgan fingerprint density at radius 3 is 2.32 bits per heavy atom. The number of methoxy groups -OCH3 is 2. The lowest BCUT2D eigenvalue weighted by Gasteiger charge is -2.26. The largest absolute Gasteiger partial charge is 0.507 e. The summed E-state index contributed by atoms with van der Waals surface area (Å²) in [6, 6.07) is 17.2. The van der Waals surface area contributed by atoms with Crippen LogP contribution < -0.4 is 14.4 Å². The van der Waals surface area contributed by atoms with Crippen molar-refractivity contribution in [3.8, 4) is 11.5 Å². The number of carbonyl (C=O) groups excluding carboxylic acids is 3. The molecule has 4 rings (SSSR count). The van der Waals surface area contributed by atoms with Crippen LogP contribution in [-0.4, -0.2) is 43.6 Å². The first kappa shape index (κ1) is 25.5. The van der Waals surface area contributed by atoms with Crippen LogP contribution in [0.4, 0.5) is 5.69 Å². The third-order valence-corrected chi connectivity index (χ3v) is 6.17. The Kier molecular flexibility index (Phi) is 7.29. The topological polar surface area (TPSA) is 102 Å². The number of aryl methyl sites for hydroxylation is 1. The Morgan fingerprint density at radius 2 is 1.70 bits per heavy atom. The van der Waals surface area contributed by atoms with Gasteiger partial charge in [-0.1, -0.05) is 18.2 Å². The third kappa shape index (κ3) is 4.78. The molecule has 1 atom stereocenters. The van der Waals surface area contributed by atoms with E-state index in [4.69, 9.17) is 14.2 Å². The molecule has 0 radical (unpaired) electrons.